The highest BCUT2D eigenvalue weighted by molar-refractivity contribution is 5.93. The molecule has 1 aromatic rings. The number of carbonyl (C=O) groups excluding carboxylic acids is 2. The standard InChI is InChI=1S/C22H34N4O2/c1-14-19(24-15(2)23-14)20(27)26(3)18-6-4-17(5-7-18)25-21(28)22-11-8-16(9-12-22)10-13-22/h16-18H,4-13H2,1-3H3,(H,23,24)(H,25,28). The third-order valence-electron chi connectivity index (χ3n) is 7.68. The van der Waals surface area contributed by atoms with E-state index in [1.165, 1.54) is 19.3 Å². The number of aryl methyl sites for hydroxylation is 2. The molecule has 2 amide bonds. The molecule has 0 aliphatic heterocycles. The lowest BCUT2D eigenvalue weighted by Crippen LogP contribution is -2.51. The Bertz CT molecular complexity index is 726. The average Bonchev–Trinajstić information content (AvgIpc) is 3.07. The van der Waals surface area contributed by atoms with Crippen molar-refractivity contribution in [2.24, 2.45) is 11.3 Å². The van der Waals surface area contributed by atoms with Crippen molar-refractivity contribution >= 4 is 11.8 Å². The number of fused-ring (bicyclic) bond motifs is 3. The zero-order valence-corrected chi connectivity index (χ0v) is 17.5. The van der Waals surface area contributed by atoms with Crippen molar-refractivity contribution in [3.05, 3.63) is 17.2 Å². The largest absolute Gasteiger partial charge is 0.353 e. The van der Waals surface area contributed by atoms with Crippen LogP contribution in [-0.4, -0.2) is 45.8 Å². The van der Waals surface area contributed by atoms with Crippen molar-refractivity contribution < 1.29 is 9.59 Å². The lowest BCUT2D eigenvalue weighted by molar-refractivity contribution is -0.138. The van der Waals surface area contributed by atoms with Crippen molar-refractivity contribution in [2.45, 2.75) is 90.1 Å². The third-order valence-corrected chi connectivity index (χ3v) is 7.68. The molecule has 154 valence electrons. The highest BCUT2D eigenvalue weighted by Crippen LogP contribution is 2.50. The molecule has 0 spiro atoms. The molecule has 1 aromatic heterocycles. The zero-order valence-electron chi connectivity index (χ0n) is 17.5. The summed E-state index contributed by atoms with van der Waals surface area (Å²) in [5, 5.41) is 3.38. The number of hydrogen-bond donors (Lipinski definition) is 2. The van der Waals surface area contributed by atoms with E-state index in [2.05, 4.69) is 15.3 Å². The first-order valence-electron chi connectivity index (χ1n) is 11.0. The molecule has 2 N–H and O–H groups in total. The van der Waals surface area contributed by atoms with Crippen LogP contribution in [-0.2, 0) is 4.79 Å². The van der Waals surface area contributed by atoms with Crippen LogP contribution in [0.25, 0.3) is 0 Å². The first kappa shape index (κ1) is 19.5. The van der Waals surface area contributed by atoms with Gasteiger partial charge in [0.05, 0.1) is 0 Å². The van der Waals surface area contributed by atoms with E-state index in [1.807, 2.05) is 25.8 Å². The van der Waals surface area contributed by atoms with Crippen molar-refractivity contribution in [3.63, 3.8) is 0 Å². The van der Waals surface area contributed by atoms with Gasteiger partial charge in [0.15, 0.2) is 0 Å². The zero-order chi connectivity index (χ0) is 19.9. The summed E-state index contributed by atoms with van der Waals surface area (Å²) in [5.74, 6) is 1.95. The van der Waals surface area contributed by atoms with Crippen LogP contribution in [0.3, 0.4) is 0 Å². The number of hydrogen-bond acceptors (Lipinski definition) is 3. The number of aromatic amines is 1. The maximum absolute atomic E-state index is 13.0. The van der Waals surface area contributed by atoms with Crippen LogP contribution in [0.2, 0.25) is 0 Å². The van der Waals surface area contributed by atoms with Gasteiger partial charge in [0.2, 0.25) is 5.91 Å². The van der Waals surface area contributed by atoms with Gasteiger partial charge >= 0.3 is 0 Å². The summed E-state index contributed by atoms with van der Waals surface area (Å²) in [7, 11) is 1.88. The van der Waals surface area contributed by atoms with Gasteiger partial charge in [0.1, 0.15) is 11.5 Å². The number of aromatic nitrogens is 2. The molecule has 0 saturated heterocycles. The molecule has 4 saturated carbocycles. The van der Waals surface area contributed by atoms with E-state index in [0.717, 1.165) is 62.4 Å². The summed E-state index contributed by atoms with van der Waals surface area (Å²) >= 11 is 0. The van der Waals surface area contributed by atoms with E-state index >= 15 is 0 Å². The fourth-order valence-corrected chi connectivity index (χ4v) is 5.69. The minimum absolute atomic E-state index is 0.00723. The molecule has 4 aliphatic rings. The van der Waals surface area contributed by atoms with Gasteiger partial charge in [0.25, 0.3) is 5.91 Å². The van der Waals surface area contributed by atoms with Gasteiger partial charge in [-0.15, -0.1) is 0 Å². The number of carbonyl (C=O) groups is 2. The number of nitrogens with zero attached hydrogens (tertiary/aromatic N) is 2. The van der Waals surface area contributed by atoms with Gasteiger partial charge in [-0.2, -0.15) is 0 Å². The van der Waals surface area contributed by atoms with Crippen molar-refractivity contribution in [2.75, 3.05) is 7.05 Å². The highest BCUT2D eigenvalue weighted by Gasteiger charge is 2.46. The highest BCUT2D eigenvalue weighted by atomic mass is 16.2. The Morgan fingerprint density at radius 2 is 1.64 bits per heavy atom. The molecule has 0 radical (unpaired) electrons. The average molecular weight is 387 g/mol. The number of H-pyrrole nitrogens is 1. The first-order valence-corrected chi connectivity index (χ1v) is 11.0. The topological polar surface area (TPSA) is 78.1 Å². The van der Waals surface area contributed by atoms with Crippen molar-refractivity contribution in [1.82, 2.24) is 20.2 Å². The molecule has 0 unspecified atom stereocenters. The van der Waals surface area contributed by atoms with E-state index in [4.69, 9.17) is 0 Å². The van der Waals surface area contributed by atoms with E-state index < -0.39 is 0 Å². The molecule has 0 atom stereocenters. The smallest absolute Gasteiger partial charge is 0.274 e. The molecule has 5 rings (SSSR count). The fraction of sp³-hybridized carbons (Fsp3) is 0.773. The van der Waals surface area contributed by atoms with Crippen LogP contribution < -0.4 is 5.32 Å². The summed E-state index contributed by atoms with van der Waals surface area (Å²) < 4.78 is 0. The monoisotopic (exact) mass is 386 g/mol. The molecule has 1 heterocycles. The second kappa shape index (κ2) is 7.53. The van der Waals surface area contributed by atoms with Gasteiger partial charge in [-0.3, -0.25) is 9.59 Å². The maximum atomic E-state index is 13.0. The molecular formula is C22H34N4O2. The number of imidazole rings is 1. The van der Waals surface area contributed by atoms with Gasteiger partial charge in [0, 0.05) is 30.2 Å². The fourth-order valence-electron chi connectivity index (χ4n) is 5.69. The maximum Gasteiger partial charge on any atom is 0.274 e. The van der Waals surface area contributed by atoms with Crippen molar-refractivity contribution in [3.8, 4) is 0 Å². The SMILES string of the molecule is Cc1nc(C(=O)N(C)C2CCC(NC(=O)C34CCC(CC3)CC4)CC2)c(C)[nH]1. The Labute approximate surface area is 167 Å². The van der Waals surface area contributed by atoms with Crippen molar-refractivity contribution in [1.29, 1.82) is 0 Å². The molecule has 0 aromatic carbocycles. The van der Waals surface area contributed by atoms with E-state index in [9.17, 15) is 9.59 Å². The number of rotatable bonds is 4. The van der Waals surface area contributed by atoms with Crippen LogP contribution in [0.5, 0.6) is 0 Å². The third kappa shape index (κ3) is 3.58. The number of nitrogens with one attached hydrogen (secondary N) is 2. The minimum Gasteiger partial charge on any atom is -0.353 e. The van der Waals surface area contributed by atoms with Gasteiger partial charge in [-0.1, -0.05) is 0 Å². The van der Waals surface area contributed by atoms with Gasteiger partial charge in [-0.05, 0) is 84.0 Å². The van der Waals surface area contributed by atoms with Gasteiger partial charge in [-0.25, -0.2) is 4.98 Å². The second-order valence-corrected chi connectivity index (χ2v) is 9.45. The molecule has 2 bridgehead atoms. The van der Waals surface area contributed by atoms with E-state index in [-0.39, 0.29) is 23.4 Å². The summed E-state index contributed by atoms with van der Waals surface area (Å²) in [5.41, 5.74) is 1.28. The molecule has 6 heteroatoms. The molecule has 6 nitrogen and oxygen atoms in total. The lowest BCUT2D eigenvalue weighted by atomic mass is 9.60. The van der Waals surface area contributed by atoms with E-state index in [0.29, 0.717) is 11.6 Å². The van der Waals surface area contributed by atoms with Crippen LogP contribution in [0.15, 0.2) is 0 Å². The predicted octanol–water partition coefficient (Wildman–Crippen LogP) is 3.50. The molecule has 28 heavy (non-hydrogen) atoms. The lowest BCUT2D eigenvalue weighted by Gasteiger charge is -2.46. The second-order valence-electron chi connectivity index (χ2n) is 9.45. The Hall–Kier alpha value is -1.85. The minimum atomic E-state index is -0.0757. The first-order chi connectivity index (χ1) is 13.4. The normalized spacial score (nSPS) is 32.2. The molecule has 4 aliphatic carbocycles. The Morgan fingerprint density at radius 1 is 1.04 bits per heavy atom. The summed E-state index contributed by atoms with van der Waals surface area (Å²) in [6, 6.07) is 0.482. The van der Waals surface area contributed by atoms with Crippen LogP contribution in [0, 0.1) is 25.2 Å². The van der Waals surface area contributed by atoms with Crippen LogP contribution in [0.1, 0.15) is 86.2 Å². The quantitative estimate of drug-likeness (QED) is 0.831. The predicted molar refractivity (Wildman–Crippen MR) is 108 cm³/mol. The molecule has 4 fully saturated rings. The Kier molecular flexibility index (Phi) is 5.23. The van der Waals surface area contributed by atoms with Gasteiger partial charge < -0.3 is 15.2 Å². The number of amides is 2. The molecular weight excluding hydrogens is 352 g/mol. The summed E-state index contributed by atoms with van der Waals surface area (Å²) in [6.45, 7) is 3.77. The van der Waals surface area contributed by atoms with Crippen LogP contribution >= 0.6 is 0 Å². The van der Waals surface area contributed by atoms with E-state index in [1.54, 1.807) is 0 Å². The summed E-state index contributed by atoms with van der Waals surface area (Å²) in [4.78, 5) is 35.1. The summed E-state index contributed by atoms with van der Waals surface area (Å²) in [6.07, 6.45) is 10.7. The Balaban J connectivity index is 1.30. The Morgan fingerprint density at radius 3 is 2.18 bits per heavy atom. The van der Waals surface area contributed by atoms with Crippen LogP contribution in [0.4, 0.5) is 0 Å².